The van der Waals surface area contributed by atoms with Crippen LogP contribution in [0.5, 0.6) is 0 Å². The number of nitrogens with one attached hydrogen (secondary N) is 2. The van der Waals surface area contributed by atoms with Crippen LogP contribution < -0.4 is 5.43 Å². The SMILES string of the molecule is CCc1ccc(-c2cc(C(=O)N/N=C\c3ccc(Br)cc3)[nH]n2)cc1. The summed E-state index contributed by atoms with van der Waals surface area (Å²) >= 11 is 3.37. The van der Waals surface area contributed by atoms with Crippen LogP contribution in [-0.4, -0.2) is 22.3 Å². The number of aromatic amines is 1. The number of H-pyrrole nitrogens is 1. The summed E-state index contributed by atoms with van der Waals surface area (Å²) in [7, 11) is 0. The first kappa shape index (κ1) is 17.1. The molecule has 3 aromatic rings. The first-order chi connectivity index (χ1) is 12.2. The number of benzene rings is 2. The Kier molecular flexibility index (Phi) is 5.40. The monoisotopic (exact) mass is 396 g/mol. The predicted octanol–water partition coefficient (Wildman–Crippen LogP) is 4.17. The van der Waals surface area contributed by atoms with E-state index in [-0.39, 0.29) is 5.91 Å². The quantitative estimate of drug-likeness (QED) is 0.501. The zero-order chi connectivity index (χ0) is 17.6. The first-order valence-corrected chi connectivity index (χ1v) is 8.68. The lowest BCUT2D eigenvalue weighted by molar-refractivity contribution is 0.0950. The van der Waals surface area contributed by atoms with E-state index in [0.29, 0.717) is 5.69 Å². The van der Waals surface area contributed by atoms with Gasteiger partial charge in [-0.05, 0) is 35.7 Å². The number of carbonyl (C=O) groups is 1. The second-order valence-corrected chi connectivity index (χ2v) is 6.38. The van der Waals surface area contributed by atoms with E-state index in [1.54, 1.807) is 12.3 Å². The van der Waals surface area contributed by atoms with Gasteiger partial charge in [-0.3, -0.25) is 9.89 Å². The highest BCUT2D eigenvalue weighted by Gasteiger charge is 2.10. The molecule has 1 amide bonds. The predicted molar refractivity (Wildman–Crippen MR) is 103 cm³/mol. The highest BCUT2D eigenvalue weighted by Crippen LogP contribution is 2.18. The van der Waals surface area contributed by atoms with E-state index in [1.807, 2.05) is 36.4 Å². The van der Waals surface area contributed by atoms with E-state index in [1.165, 1.54) is 5.56 Å². The summed E-state index contributed by atoms with van der Waals surface area (Å²) in [4.78, 5) is 12.1. The molecule has 0 fully saturated rings. The molecule has 0 saturated carbocycles. The lowest BCUT2D eigenvalue weighted by Gasteiger charge is -1.98. The van der Waals surface area contributed by atoms with Crippen LogP contribution in [0, 0.1) is 0 Å². The van der Waals surface area contributed by atoms with Crippen molar-refractivity contribution in [2.45, 2.75) is 13.3 Å². The molecule has 0 spiro atoms. The standard InChI is InChI=1S/C19H17BrN4O/c1-2-13-3-7-15(8-4-13)17-11-18(23-22-17)19(25)24-21-12-14-5-9-16(20)10-6-14/h3-12H,2H2,1H3,(H,22,23)(H,24,25)/b21-12-. The van der Waals surface area contributed by atoms with Crippen molar-refractivity contribution in [3.05, 3.63) is 75.9 Å². The Morgan fingerprint density at radius 1 is 1.20 bits per heavy atom. The molecule has 5 nitrogen and oxygen atoms in total. The number of halogens is 1. The molecule has 0 saturated heterocycles. The van der Waals surface area contributed by atoms with Crippen molar-refractivity contribution in [1.29, 1.82) is 0 Å². The van der Waals surface area contributed by atoms with Gasteiger partial charge in [-0.25, -0.2) is 5.43 Å². The lowest BCUT2D eigenvalue weighted by Crippen LogP contribution is -2.17. The number of hydrogen-bond acceptors (Lipinski definition) is 3. The summed E-state index contributed by atoms with van der Waals surface area (Å²) in [6.45, 7) is 2.11. The molecular formula is C19H17BrN4O. The van der Waals surface area contributed by atoms with Gasteiger partial charge in [-0.2, -0.15) is 10.2 Å². The van der Waals surface area contributed by atoms with E-state index in [9.17, 15) is 4.79 Å². The van der Waals surface area contributed by atoms with Crippen molar-refractivity contribution in [3.8, 4) is 11.3 Å². The molecule has 126 valence electrons. The lowest BCUT2D eigenvalue weighted by atomic mass is 10.1. The molecule has 2 N–H and O–H groups in total. The number of carbonyl (C=O) groups excluding carboxylic acids is 1. The summed E-state index contributed by atoms with van der Waals surface area (Å²) in [6.07, 6.45) is 2.58. The van der Waals surface area contributed by atoms with Gasteiger partial charge in [0.25, 0.3) is 5.91 Å². The van der Waals surface area contributed by atoms with Gasteiger partial charge in [0.1, 0.15) is 5.69 Å². The number of aryl methyl sites for hydroxylation is 1. The van der Waals surface area contributed by atoms with Crippen molar-refractivity contribution in [1.82, 2.24) is 15.6 Å². The average molecular weight is 397 g/mol. The van der Waals surface area contributed by atoms with Crippen molar-refractivity contribution < 1.29 is 4.79 Å². The topological polar surface area (TPSA) is 70.1 Å². The molecular weight excluding hydrogens is 380 g/mol. The molecule has 6 heteroatoms. The van der Waals surface area contributed by atoms with Crippen LogP contribution >= 0.6 is 15.9 Å². The van der Waals surface area contributed by atoms with E-state index >= 15 is 0 Å². The Morgan fingerprint density at radius 2 is 1.92 bits per heavy atom. The third-order valence-electron chi connectivity index (χ3n) is 3.73. The zero-order valence-corrected chi connectivity index (χ0v) is 15.2. The largest absolute Gasteiger partial charge is 0.289 e. The number of hydrazone groups is 1. The highest BCUT2D eigenvalue weighted by molar-refractivity contribution is 9.10. The van der Waals surface area contributed by atoms with Crippen LogP contribution in [0.2, 0.25) is 0 Å². The summed E-state index contributed by atoms with van der Waals surface area (Å²) in [5, 5.41) is 10.9. The smallest absolute Gasteiger partial charge is 0.272 e. The fourth-order valence-electron chi connectivity index (χ4n) is 2.27. The van der Waals surface area contributed by atoms with Crippen molar-refractivity contribution in [3.63, 3.8) is 0 Å². The van der Waals surface area contributed by atoms with E-state index in [0.717, 1.165) is 27.7 Å². The number of nitrogens with zero attached hydrogens (tertiary/aromatic N) is 2. The third-order valence-corrected chi connectivity index (χ3v) is 4.26. The molecule has 0 bridgehead atoms. The van der Waals surface area contributed by atoms with Crippen LogP contribution in [-0.2, 0) is 6.42 Å². The van der Waals surface area contributed by atoms with Crippen LogP contribution in [0.1, 0.15) is 28.5 Å². The Balaban J connectivity index is 1.64. The van der Waals surface area contributed by atoms with Crippen molar-refractivity contribution in [2.24, 2.45) is 5.10 Å². The number of rotatable bonds is 5. The van der Waals surface area contributed by atoms with Crippen LogP contribution in [0.15, 0.2) is 64.2 Å². The Morgan fingerprint density at radius 3 is 2.60 bits per heavy atom. The summed E-state index contributed by atoms with van der Waals surface area (Å²) < 4.78 is 0.991. The summed E-state index contributed by atoms with van der Waals surface area (Å²) in [5.74, 6) is -0.336. The van der Waals surface area contributed by atoms with Gasteiger partial charge in [-0.15, -0.1) is 0 Å². The average Bonchev–Trinajstić information content (AvgIpc) is 3.13. The van der Waals surface area contributed by atoms with E-state index in [4.69, 9.17) is 0 Å². The third kappa shape index (κ3) is 4.42. The van der Waals surface area contributed by atoms with Gasteiger partial charge < -0.3 is 0 Å². The fraction of sp³-hybridized carbons (Fsp3) is 0.105. The van der Waals surface area contributed by atoms with Gasteiger partial charge in [0.2, 0.25) is 0 Å². The van der Waals surface area contributed by atoms with Crippen molar-refractivity contribution in [2.75, 3.05) is 0 Å². The number of aromatic nitrogens is 2. The Hall–Kier alpha value is -2.73. The minimum atomic E-state index is -0.336. The molecule has 0 radical (unpaired) electrons. The summed E-state index contributed by atoms with van der Waals surface area (Å²) in [6, 6.07) is 17.5. The maximum absolute atomic E-state index is 12.1. The summed E-state index contributed by atoms with van der Waals surface area (Å²) in [5.41, 5.74) is 6.70. The highest BCUT2D eigenvalue weighted by atomic mass is 79.9. The zero-order valence-electron chi connectivity index (χ0n) is 13.7. The Labute approximate surface area is 154 Å². The van der Waals surface area contributed by atoms with Gasteiger partial charge in [0.15, 0.2) is 0 Å². The van der Waals surface area contributed by atoms with Crippen LogP contribution in [0.3, 0.4) is 0 Å². The molecule has 0 aliphatic carbocycles. The normalized spacial score (nSPS) is 11.0. The Bertz CT molecular complexity index is 883. The molecule has 1 aromatic heterocycles. The number of hydrogen-bond donors (Lipinski definition) is 2. The molecule has 25 heavy (non-hydrogen) atoms. The second kappa shape index (κ2) is 7.90. The van der Waals surface area contributed by atoms with Crippen LogP contribution in [0.25, 0.3) is 11.3 Å². The van der Waals surface area contributed by atoms with Gasteiger partial charge >= 0.3 is 0 Å². The minimum absolute atomic E-state index is 0.336. The van der Waals surface area contributed by atoms with Gasteiger partial charge in [0.05, 0.1) is 11.9 Å². The molecule has 1 heterocycles. The molecule has 2 aromatic carbocycles. The second-order valence-electron chi connectivity index (χ2n) is 5.47. The molecule has 3 rings (SSSR count). The van der Waals surface area contributed by atoms with Gasteiger partial charge in [0, 0.05) is 10.0 Å². The van der Waals surface area contributed by atoms with Crippen LogP contribution in [0.4, 0.5) is 0 Å². The molecule has 0 unspecified atom stereocenters. The minimum Gasteiger partial charge on any atom is -0.272 e. The fourth-order valence-corrected chi connectivity index (χ4v) is 2.54. The van der Waals surface area contributed by atoms with Crippen molar-refractivity contribution >= 4 is 28.1 Å². The number of amides is 1. The van der Waals surface area contributed by atoms with E-state index in [2.05, 4.69) is 55.7 Å². The maximum atomic E-state index is 12.1. The van der Waals surface area contributed by atoms with Gasteiger partial charge in [-0.1, -0.05) is 59.3 Å². The van der Waals surface area contributed by atoms with E-state index < -0.39 is 0 Å². The first-order valence-electron chi connectivity index (χ1n) is 7.89. The molecule has 0 aliphatic heterocycles. The molecule has 0 aliphatic rings. The maximum Gasteiger partial charge on any atom is 0.289 e. The molecule has 0 atom stereocenters.